The molecular formula is C23H27NO7. The van der Waals surface area contributed by atoms with Crippen molar-refractivity contribution in [2.45, 2.75) is 44.7 Å². The quantitative estimate of drug-likeness (QED) is 0.762. The number of methoxy groups -OCH3 is 2. The van der Waals surface area contributed by atoms with Gasteiger partial charge in [-0.1, -0.05) is 36.4 Å². The first-order chi connectivity index (χ1) is 14.7. The second-order valence-electron chi connectivity index (χ2n) is 8.10. The lowest BCUT2D eigenvalue weighted by Crippen LogP contribution is -2.40. The van der Waals surface area contributed by atoms with Gasteiger partial charge >= 0.3 is 12.1 Å². The van der Waals surface area contributed by atoms with E-state index in [2.05, 4.69) is 0 Å². The van der Waals surface area contributed by atoms with Crippen molar-refractivity contribution in [1.82, 2.24) is 4.90 Å². The van der Waals surface area contributed by atoms with Crippen molar-refractivity contribution >= 4 is 12.1 Å². The van der Waals surface area contributed by atoms with Gasteiger partial charge in [-0.15, -0.1) is 0 Å². The Balaban J connectivity index is 2.12. The number of amides is 1. The SMILES string of the molecule is COc1ccc([C@H]2O[C@@H](C(=O)O)[C@H](c3ccccc3)N2C(=O)OC(C)(C)C)cc1OC. The molecule has 0 radical (unpaired) electrons. The molecule has 166 valence electrons. The minimum atomic E-state index is -1.28. The first kappa shape index (κ1) is 22.4. The Labute approximate surface area is 181 Å². The van der Waals surface area contributed by atoms with Crippen LogP contribution in [0.3, 0.4) is 0 Å². The molecule has 8 nitrogen and oxygen atoms in total. The first-order valence-corrected chi connectivity index (χ1v) is 9.82. The second-order valence-corrected chi connectivity index (χ2v) is 8.10. The van der Waals surface area contributed by atoms with Crippen LogP contribution in [0.25, 0.3) is 0 Å². The predicted octanol–water partition coefficient (Wildman–Crippen LogP) is 4.16. The summed E-state index contributed by atoms with van der Waals surface area (Å²) in [5.41, 5.74) is 0.388. The van der Waals surface area contributed by atoms with Gasteiger partial charge in [0.05, 0.1) is 14.2 Å². The summed E-state index contributed by atoms with van der Waals surface area (Å²) >= 11 is 0. The average Bonchev–Trinajstić information content (AvgIpc) is 3.14. The van der Waals surface area contributed by atoms with Crippen LogP contribution in [0.2, 0.25) is 0 Å². The van der Waals surface area contributed by atoms with Crippen LogP contribution < -0.4 is 9.47 Å². The number of carboxylic acids is 1. The standard InChI is InChI=1S/C23H27NO7/c1-23(2,3)31-22(27)24-18(14-9-7-6-8-10-14)19(21(25)26)30-20(24)15-11-12-16(28-4)17(13-15)29-5/h6-13,18-20H,1-5H3,(H,25,26)/t18-,19+,20+/m0/s1. The maximum atomic E-state index is 13.2. The number of rotatable bonds is 5. The lowest BCUT2D eigenvalue weighted by atomic mass is 10.0. The van der Waals surface area contributed by atoms with Crippen LogP contribution in [0.4, 0.5) is 4.79 Å². The molecule has 1 heterocycles. The van der Waals surface area contributed by atoms with Crippen LogP contribution in [0.1, 0.15) is 44.2 Å². The van der Waals surface area contributed by atoms with E-state index in [1.165, 1.54) is 19.1 Å². The third-order valence-electron chi connectivity index (χ3n) is 4.80. The van der Waals surface area contributed by atoms with Crippen molar-refractivity contribution in [2.24, 2.45) is 0 Å². The zero-order chi connectivity index (χ0) is 22.8. The van der Waals surface area contributed by atoms with Crippen molar-refractivity contribution in [3.05, 3.63) is 59.7 Å². The molecule has 1 aliphatic heterocycles. The summed E-state index contributed by atoms with van der Waals surface area (Å²) in [5, 5.41) is 9.88. The van der Waals surface area contributed by atoms with E-state index in [-0.39, 0.29) is 0 Å². The van der Waals surface area contributed by atoms with E-state index < -0.39 is 36.0 Å². The molecular weight excluding hydrogens is 402 g/mol. The second kappa shape index (κ2) is 8.85. The molecule has 1 N–H and O–H groups in total. The highest BCUT2D eigenvalue weighted by atomic mass is 16.6. The minimum absolute atomic E-state index is 0.433. The highest BCUT2D eigenvalue weighted by molar-refractivity contribution is 5.78. The van der Waals surface area contributed by atoms with E-state index in [1.54, 1.807) is 63.2 Å². The Bertz CT molecular complexity index is 939. The molecule has 0 unspecified atom stereocenters. The number of carbonyl (C=O) groups excluding carboxylic acids is 1. The van der Waals surface area contributed by atoms with Crippen molar-refractivity contribution in [2.75, 3.05) is 14.2 Å². The monoisotopic (exact) mass is 429 g/mol. The number of carboxylic acid groups (broad SMARTS) is 1. The number of carbonyl (C=O) groups is 2. The summed E-state index contributed by atoms with van der Waals surface area (Å²) in [4.78, 5) is 26.7. The van der Waals surface area contributed by atoms with Gasteiger partial charge in [-0.25, -0.2) is 9.59 Å². The molecule has 31 heavy (non-hydrogen) atoms. The van der Waals surface area contributed by atoms with Gasteiger partial charge in [0, 0.05) is 5.56 Å². The first-order valence-electron chi connectivity index (χ1n) is 9.82. The van der Waals surface area contributed by atoms with Gasteiger partial charge in [-0.2, -0.15) is 0 Å². The molecule has 1 saturated heterocycles. The largest absolute Gasteiger partial charge is 0.493 e. The molecule has 2 aromatic rings. The van der Waals surface area contributed by atoms with Gasteiger partial charge in [0.2, 0.25) is 0 Å². The zero-order valence-electron chi connectivity index (χ0n) is 18.2. The van der Waals surface area contributed by atoms with E-state index in [1.807, 2.05) is 6.07 Å². The topological polar surface area (TPSA) is 94.5 Å². The molecule has 1 amide bonds. The average molecular weight is 429 g/mol. The Morgan fingerprint density at radius 2 is 1.61 bits per heavy atom. The summed E-state index contributed by atoms with van der Waals surface area (Å²) in [5.74, 6) is -0.240. The van der Waals surface area contributed by atoms with Crippen LogP contribution in [-0.4, -0.2) is 48.0 Å². The number of ether oxygens (including phenoxy) is 4. The number of benzene rings is 2. The van der Waals surface area contributed by atoms with Crippen LogP contribution >= 0.6 is 0 Å². The highest BCUT2D eigenvalue weighted by Crippen LogP contribution is 2.45. The van der Waals surface area contributed by atoms with E-state index in [4.69, 9.17) is 18.9 Å². The molecule has 0 spiro atoms. The fraction of sp³-hybridized carbons (Fsp3) is 0.391. The molecule has 0 saturated carbocycles. The fourth-order valence-electron chi connectivity index (χ4n) is 3.52. The molecule has 1 aliphatic rings. The van der Waals surface area contributed by atoms with Gasteiger partial charge in [0.15, 0.2) is 23.8 Å². The van der Waals surface area contributed by atoms with Crippen molar-refractivity contribution < 1.29 is 33.6 Å². The summed E-state index contributed by atoms with van der Waals surface area (Å²) in [7, 11) is 3.01. The third-order valence-corrected chi connectivity index (χ3v) is 4.80. The molecule has 8 heteroatoms. The zero-order valence-corrected chi connectivity index (χ0v) is 18.2. The Kier molecular flexibility index (Phi) is 6.40. The Morgan fingerprint density at radius 1 is 0.968 bits per heavy atom. The Hall–Kier alpha value is -3.26. The summed E-state index contributed by atoms with van der Waals surface area (Å²) < 4.78 is 22.2. The van der Waals surface area contributed by atoms with Crippen LogP contribution in [0.5, 0.6) is 11.5 Å². The fourth-order valence-corrected chi connectivity index (χ4v) is 3.52. The number of aliphatic carboxylic acids is 1. The summed E-state index contributed by atoms with van der Waals surface area (Å²) in [6.07, 6.45) is -2.96. The molecule has 1 fully saturated rings. The number of hydrogen-bond donors (Lipinski definition) is 1. The smallest absolute Gasteiger partial charge is 0.413 e. The molecule has 0 aromatic heterocycles. The van der Waals surface area contributed by atoms with E-state index in [0.29, 0.717) is 22.6 Å². The van der Waals surface area contributed by atoms with Crippen LogP contribution in [0, 0.1) is 0 Å². The lowest BCUT2D eigenvalue weighted by Gasteiger charge is -2.31. The van der Waals surface area contributed by atoms with Gasteiger partial charge in [-0.3, -0.25) is 4.90 Å². The van der Waals surface area contributed by atoms with Gasteiger partial charge in [0.1, 0.15) is 11.6 Å². The lowest BCUT2D eigenvalue weighted by molar-refractivity contribution is -0.150. The molecule has 0 bridgehead atoms. The van der Waals surface area contributed by atoms with E-state index in [0.717, 1.165) is 0 Å². The van der Waals surface area contributed by atoms with Crippen LogP contribution in [-0.2, 0) is 14.3 Å². The Morgan fingerprint density at radius 3 is 2.16 bits per heavy atom. The maximum absolute atomic E-state index is 13.2. The van der Waals surface area contributed by atoms with Crippen LogP contribution in [0.15, 0.2) is 48.5 Å². The van der Waals surface area contributed by atoms with Gasteiger partial charge < -0.3 is 24.1 Å². The number of nitrogens with zero attached hydrogens (tertiary/aromatic N) is 1. The highest BCUT2D eigenvalue weighted by Gasteiger charge is 2.51. The van der Waals surface area contributed by atoms with Gasteiger partial charge in [-0.05, 0) is 38.5 Å². The van der Waals surface area contributed by atoms with Gasteiger partial charge in [0.25, 0.3) is 0 Å². The van der Waals surface area contributed by atoms with Crippen molar-refractivity contribution in [3.63, 3.8) is 0 Å². The summed E-state index contributed by atoms with van der Waals surface area (Å²) in [6, 6.07) is 13.1. The van der Waals surface area contributed by atoms with E-state index in [9.17, 15) is 14.7 Å². The maximum Gasteiger partial charge on any atom is 0.413 e. The summed E-state index contributed by atoms with van der Waals surface area (Å²) in [6.45, 7) is 5.25. The minimum Gasteiger partial charge on any atom is -0.493 e. The molecule has 3 atom stereocenters. The molecule has 2 aromatic carbocycles. The van der Waals surface area contributed by atoms with E-state index >= 15 is 0 Å². The van der Waals surface area contributed by atoms with Crippen molar-refractivity contribution in [3.8, 4) is 11.5 Å². The third kappa shape index (κ3) is 4.74. The normalized spacial score (nSPS) is 20.9. The molecule has 0 aliphatic carbocycles. The molecule has 3 rings (SSSR count). The predicted molar refractivity (Wildman–Crippen MR) is 112 cm³/mol. The number of hydrogen-bond acceptors (Lipinski definition) is 6. The van der Waals surface area contributed by atoms with Crippen molar-refractivity contribution in [1.29, 1.82) is 0 Å².